The largest absolute Gasteiger partial charge is 0.409 e. The fourth-order valence-corrected chi connectivity index (χ4v) is 0.660. The summed E-state index contributed by atoms with van der Waals surface area (Å²) >= 11 is 0. The Kier molecular flexibility index (Phi) is 6.82. The Labute approximate surface area is 67.0 Å². The Morgan fingerprint density at radius 1 is 1.55 bits per heavy atom. The first-order valence-electron chi connectivity index (χ1n) is 3.85. The molecular weight excluding hydrogens is 144 g/mol. The summed E-state index contributed by atoms with van der Waals surface area (Å²) < 4.78 is 5.07. The summed E-state index contributed by atoms with van der Waals surface area (Å²) in [6, 6.07) is 0. The molecule has 0 aromatic carbocycles. The molecule has 0 aliphatic rings. The van der Waals surface area contributed by atoms with Crippen LogP contribution in [0.15, 0.2) is 5.16 Å². The van der Waals surface area contributed by atoms with Gasteiger partial charge in [-0.15, -0.1) is 0 Å². The summed E-state index contributed by atoms with van der Waals surface area (Å²) in [7, 11) is 0. The Balaban J connectivity index is 3.02. The predicted octanol–water partition coefficient (Wildman–Crippen LogP) is 0.940. The lowest BCUT2D eigenvalue weighted by Crippen LogP contribution is -2.19. The molecule has 0 saturated heterocycles. The zero-order chi connectivity index (χ0) is 8.53. The van der Waals surface area contributed by atoms with Gasteiger partial charge in [0.2, 0.25) is 0 Å². The van der Waals surface area contributed by atoms with Crippen LogP contribution in [0, 0.1) is 0 Å². The summed E-state index contributed by atoms with van der Waals surface area (Å²) in [5.41, 5.74) is 5.16. The first-order valence-corrected chi connectivity index (χ1v) is 3.85. The number of hydrogen-bond acceptors (Lipinski definition) is 3. The van der Waals surface area contributed by atoms with Crippen molar-refractivity contribution in [2.45, 2.75) is 26.2 Å². The summed E-state index contributed by atoms with van der Waals surface area (Å²) in [6.07, 6.45) is 3.37. The maximum Gasteiger partial charge on any atom is 0.165 e. The Bertz CT molecular complexity index is 115. The Morgan fingerprint density at radius 2 is 2.27 bits per heavy atom. The zero-order valence-electron chi connectivity index (χ0n) is 6.92. The molecule has 0 amide bonds. The van der Waals surface area contributed by atoms with Gasteiger partial charge >= 0.3 is 0 Å². The highest BCUT2D eigenvalue weighted by atomic mass is 16.5. The highest BCUT2D eigenvalue weighted by Crippen LogP contribution is 1.93. The number of nitrogens with zero attached hydrogens (tertiary/aromatic N) is 1. The monoisotopic (exact) mass is 160 g/mol. The number of oxime groups is 1. The van der Waals surface area contributed by atoms with Crippen LogP contribution in [0.2, 0.25) is 0 Å². The molecule has 66 valence electrons. The lowest BCUT2D eigenvalue weighted by Gasteiger charge is -2.00. The molecule has 11 heavy (non-hydrogen) atoms. The van der Waals surface area contributed by atoms with Crippen molar-refractivity contribution in [3.63, 3.8) is 0 Å². The van der Waals surface area contributed by atoms with Crippen LogP contribution in [0.25, 0.3) is 0 Å². The molecule has 0 rings (SSSR count). The van der Waals surface area contributed by atoms with Gasteiger partial charge in [0, 0.05) is 6.61 Å². The van der Waals surface area contributed by atoms with Crippen molar-refractivity contribution in [2.75, 3.05) is 13.2 Å². The van der Waals surface area contributed by atoms with E-state index in [1.807, 2.05) is 0 Å². The normalized spacial score (nSPS) is 11.9. The minimum Gasteiger partial charge on any atom is -0.409 e. The third kappa shape index (κ3) is 7.12. The summed E-state index contributed by atoms with van der Waals surface area (Å²) in [5.74, 6) is 0.126. The number of hydrogen-bond donors (Lipinski definition) is 2. The van der Waals surface area contributed by atoms with Crippen molar-refractivity contribution in [1.29, 1.82) is 0 Å². The van der Waals surface area contributed by atoms with E-state index >= 15 is 0 Å². The zero-order valence-corrected chi connectivity index (χ0v) is 6.92. The van der Waals surface area contributed by atoms with Crippen molar-refractivity contribution < 1.29 is 9.94 Å². The van der Waals surface area contributed by atoms with Crippen molar-refractivity contribution >= 4 is 5.84 Å². The maximum atomic E-state index is 8.12. The number of ether oxygens (including phenoxy) is 1. The molecule has 0 aliphatic heterocycles. The predicted molar refractivity (Wildman–Crippen MR) is 43.8 cm³/mol. The van der Waals surface area contributed by atoms with Crippen molar-refractivity contribution in [1.82, 2.24) is 0 Å². The minimum atomic E-state index is 0.126. The van der Waals surface area contributed by atoms with Gasteiger partial charge in [-0.1, -0.05) is 24.9 Å². The lowest BCUT2D eigenvalue weighted by atomic mass is 10.3. The number of rotatable bonds is 6. The SMILES string of the molecule is CCCCCOC/C(N)=N/O. The van der Waals surface area contributed by atoms with Gasteiger partial charge < -0.3 is 15.7 Å². The number of amidine groups is 1. The molecule has 0 aromatic rings. The molecule has 0 fully saturated rings. The van der Waals surface area contributed by atoms with Crippen molar-refractivity contribution in [3.8, 4) is 0 Å². The summed E-state index contributed by atoms with van der Waals surface area (Å²) in [6.45, 7) is 3.04. The third-order valence-electron chi connectivity index (χ3n) is 1.27. The summed E-state index contributed by atoms with van der Waals surface area (Å²) in [5, 5.41) is 10.9. The second-order valence-corrected chi connectivity index (χ2v) is 2.35. The molecule has 0 heterocycles. The molecular formula is C7H16N2O2. The topological polar surface area (TPSA) is 67.8 Å². The molecule has 0 unspecified atom stereocenters. The second-order valence-electron chi connectivity index (χ2n) is 2.35. The van der Waals surface area contributed by atoms with Crippen LogP contribution in [0.1, 0.15) is 26.2 Å². The molecule has 4 nitrogen and oxygen atoms in total. The molecule has 0 aliphatic carbocycles. The van der Waals surface area contributed by atoms with E-state index in [-0.39, 0.29) is 12.4 Å². The van der Waals surface area contributed by atoms with Crippen LogP contribution in [0.3, 0.4) is 0 Å². The van der Waals surface area contributed by atoms with Crippen molar-refractivity contribution in [3.05, 3.63) is 0 Å². The van der Waals surface area contributed by atoms with E-state index in [0.29, 0.717) is 6.61 Å². The first kappa shape index (κ1) is 10.2. The van der Waals surface area contributed by atoms with E-state index in [0.717, 1.165) is 12.8 Å². The van der Waals surface area contributed by atoms with Crippen LogP contribution in [-0.2, 0) is 4.74 Å². The maximum absolute atomic E-state index is 8.12. The Hall–Kier alpha value is -0.770. The average Bonchev–Trinajstić information content (AvgIpc) is 2.04. The molecule has 0 saturated carbocycles. The Morgan fingerprint density at radius 3 is 2.82 bits per heavy atom. The van der Waals surface area contributed by atoms with Gasteiger partial charge in [-0.05, 0) is 6.42 Å². The van der Waals surface area contributed by atoms with Crippen LogP contribution >= 0.6 is 0 Å². The number of nitrogens with two attached hydrogens (primary N) is 1. The van der Waals surface area contributed by atoms with E-state index < -0.39 is 0 Å². The van der Waals surface area contributed by atoms with Gasteiger partial charge in [0.1, 0.15) is 6.61 Å². The van der Waals surface area contributed by atoms with Gasteiger partial charge in [-0.2, -0.15) is 0 Å². The minimum absolute atomic E-state index is 0.126. The van der Waals surface area contributed by atoms with E-state index in [4.69, 9.17) is 15.7 Å². The standard InChI is InChI=1S/C7H16N2O2/c1-2-3-4-5-11-6-7(8)9-10/h10H,2-6H2,1H3,(H2,8,9). The van der Waals surface area contributed by atoms with E-state index in [2.05, 4.69) is 12.1 Å². The van der Waals surface area contributed by atoms with Crippen LogP contribution < -0.4 is 5.73 Å². The van der Waals surface area contributed by atoms with E-state index in [1.54, 1.807) is 0 Å². The molecule has 4 heteroatoms. The van der Waals surface area contributed by atoms with Gasteiger partial charge in [-0.25, -0.2) is 0 Å². The first-order chi connectivity index (χ1) is 5.31. The van der Waals surface area contributed by atoms with Gasteiger partial charge in [-0.3, -0.25) is 0 Å². The quantitative estimate of drug-likeness (QED) is 0.200. The van der Waals surface area contributed by atoms with Crippen LogP contribution in [0.5, 0.6) is 0 Å². The van der Waals surface area contributed by atoms with Gasteiger partial charge in [0.05, 0.1) is 0 Å². The van der Waals surface area contributed by atoms with E-state index in [1.165, 1.54) is 6.42 Å². The van der Waals surface area contributed by atoms with Crippen LogP contribution in [-0.4, -0.2) is 24.3 Å². The van der Waals surface area contributed by atoms with Crippen molar-refractivity contribution in [2.24, 2.45) is 10.9 Å². The van der Waals surface area contributed by atoms with Gasteiger partial charge in [0.15, 0.2) is 5.84 Å². The fourth-order valence-electron chi connectivity index (χ4n) is 0.660. The molecule has 0 bridgehead atoms. The number of unbranched alkanes of at least 4 members (excludes halogenated alkanes) is 2. The molecule has 0 radical (unpaired) electrons. The molecule has 3 N–H and O–H groups in total. The molecule has 0 spiro atoms. The second kappa shape index (κ2) is 7.34. The molecule has 0 aromatic heterocycles. The molecule has 0 atom stereocenters. The summed E-state index contributed by atoms with van der Waals surface area (Å²) in [4.78, 5) is 0. The fraction of sp³-hybridized carbons (Fsp3) is 0.857. The third-order valence-corrected chi connectivity index (χ3v) is 1.27. The van der Waals surface area contributed by atoms with Gasteiger partial charge in [0.25, 0.3) is 0 Å². The smallest absolute Gasteiger partial charge is 0.165 e. The average molecular weight is 160 g/mol. The highest BCUT2D eigenvalue weighted by Gasteiger charge is 1.91. The van der Waals surface area contributed by atoms with Crippen LogP contribution in [0.4, 0.5) is 0 Å². The lowest BCUT2D eigenvalue weighted by molar-refractivity contribution is 0.163. The van der Waals surface area contributed by atoms with E-state index in [9.17, 15) is 0 Å². The highest BCUT2D eigenvalue weighted by molar-refractivity contribution is 5.80.